The molecule has 0 spiro atoms. The van der Waals surface area contributed by atoms with E-state index >= 15 is 0 Å². The van der Waals surface area contributed by atoms with Crippen LogP contribution in [-0.2, 0) is 4.79 Å². The highest BCUT2D eigenvalue weighted by Gasteiger charge is 2.11. The summed E-state index contributed by atoms with van der Waals surface area (Å²) in [4.78, 5) is 13.9. The molecule has 0 bridgehead atoms. The van der Waals surface area contributed by atoms with Crippen molar-refractivity contribution in [1.82, 2.24) is 15.1 Å². The quantitative estimate of drug-likeness (QED) is 0.361. The van der Waals surface area contributed by atoms with Crippen LogP contribution in [0, 0.1) is 0 Å². The largest absolute Gasteiger partial charge is 0.497 e. The minimum atomic E-state index is -0.0901. The first-order valence-corrected chi connectivity index (χ1v) is 11.2. The zero-order chi connectivity index (χ0) is 22.8. The molecule has 1 heterocycles. The zero-order valence-corrected chi connectivity index (χ0v) is 19.2. The normalized spacial score (nSPS) is 11.2. The van der Waals surface area contributed by atoms with Crippen molar-refractivity contribution >= 4 is 12.0 Å². The molecule has 6 nitrogen and oxygen atoms in total. The SMILES string of the molecule is CC[NH+](CC)CCCNC(=O)/C=C/c1cn(-c2ccccc2)nc1-c1ccc(OC)cc1. The van der Waals surface area contributed by atoms with Gasteiger partial charge in [-0.15, -0.1) is 0 Å². The van der Waals surface area contributed by atoms with E-state index in [1.54, 1.807) is 18.1 Å². The number of carbonyl (C=O) groups is 1. The van der Waals surface area contributed by atoms with Gasteiger partial charge < -0.3 is 15.0 Å². The molecule has 3 aromatic rings. The number of aromatic nitrogens is 2. The number of rotatable bonds is 11. The highest BCUT2D eigenvalue weighted by molar-refractivity contribution is 5.92. The molecule has 0 fully saturated rings. The first kappa shape index (κ1) is 23.3. The van der Waals surface area contributed by atoms with Crippen molar-refractivity contribution in [3.05, 3.63) is 72.4 Å². The second kappa shape index (κ2) is 11.9. The predicted octanol–water partition coefficient (Wildman–Crippen LogP) is 2.99. The number of quaternary nitrogens is 1. The van der Waals surface area contributed by atoms with Crippen molar-refractivity contribution in [2.45, 2.75) is 20.3 Å². The van der Waals surface area contributed by atoms with Crippen LogP contribution >= 0.6 is 0 Å². The summed E-state index contributed by atoms with van der Waals surface area (Å²) in [5, 5.41) is 7.77. The van der Waals surface area contributed by atoms with Gasteiger partial charge in [0.15, 0.2) is 0 Å². The van der Waals surface area contributed by atoms with Gasteiger partial charge in [-0.1, -0.05) is 18.2 Å². The number of nitrogens with one attached hydrogen (secondary N) is 2. The van der Waals surface area contributed by atoms with Gasteiger partial charge in [0.05, 0.1) is 38.1 Å². The number of methoxy groups -OCH3 is 1. The van der Waals surface area contributed by atoms with Crippen molar-refractivity contribution in [2.75, 3.05) is 33.3 Å². The molecule has 168 valence electrons. The lowest BCUT2D eigenvalue weighted by Gasteiger charge is -2.14. The van der Waals surface area contributed by atoms with E-state index in [0.29, 0.717) is 6.54 Å². The van der Waals surface area contributed by atoms with Gasteiger partial charge in [0.1, 0.15) is 5.75 Å². The maximum atomic E-state index is 12.4. The molecule has 6 heteroatoms. The molecule has 0 aliphatic carbocycles. The van der Waals surface area contributed by atoms with E-state index in [1.807, 2.05) is 71.6 Å². The topological polar surface area (TPSA) is 60.6 Å². The van der Waals surface area contributed by atoms with Gasteiger partial charge >= 0.3 is 0 Å². The van der Waals surface area contributed by atoms with Gasteiger partial charge in [0.2, 0.25) is 5.91 Å². The number of ether oxygens (including phenoxy) is 1. The fraction of sp³-hybridized carbons (Fsp3) is 0.308. The maximum absolute atomic E-state index is 12.4. The summed E-state index contributed by atoms with van der Waals surface area (Å²) in [5.41, 5.74) is 3.61. The molecule has 2 N–H and O–H groups in total. The molecule has 0 saturated carbocycles. The third-order valence-electron chi connectivity index (χ3n) is 5.55. The molecule has 2 aromatic carbocycles. The van der Waals surface area contributed by atoms with Gasteiger partial charge in [0.25, 0.3) is 0 Å². The number of hydrogen-bond donors (Lipinski definition) is 2. The van der Waals surface area contributed by atoms with Gasteiger partial charge in [-0.3, -0.25) is 4.79 Å². The Kier molecular flexibility index (Phi) is 8.63. The van der Waals surface area contributed by atoms with E-state index in [2.05, 4.69) is 19.2 Å². The number of amides is 1. The standard InChI is InChI=1S/C26H32N4O2/c1-4-29(5-2)19-9-18-27-25(31)17-14-22-20-30(23-10-7-6-8-11-23)28-26(22)21-12-15-24(32-3)16-13-21/h6-8,10-17,20H,4-5,9,18-19H2,1-3H3,(H,27,31)/p+1/b17-14+. The summed E-state index contributed by atoms with van der Waals surface area (Å²) in [6.45, 7) is 8.36. The van der Waals surface area contributed by atoms with Crippen molar-refractivity contribution in [3.63, 3.8) is 0 Å². The van der Waals surface area contributed by atoms with E-state index < -0.39 is 0 Å². The Morgan fingerprint density at radius 2 is 1.81 bits per heavy atom. The van der Waals surface area contributed by atoms with Crippen LogP contribution in [0.25, 0.3) is 23.0 Å². The minimum absolute atomic E-state index is 0.0901. The third kappa shape index (κ3) is 6.31. The number of benzene rings is 2. The van der Waals surface area contributed by atoms with Crippen LogP contribution in [0.4, 0.5) is 0 Å². The van der Waals surface area contributed by atoms with E-state index in [9.17, 15) is 4.79 Å². The Labute approximate surface area is 190 Å². The Hall–Kier alpha value is -3.38. The first-order valence-electron chi connectivity index (χ1n) is 11.2. The smallest absolute Gasteiger partial charge is 0.244 e. The third-order valence-corrected chi connectivity index (χ3v) is 5.55. The Morgan fingerprint density at radius 3 is 2.47 bits per heavy atom. The lowest BCUT2D eigenvalue weighted by atomic mass is 10.1. The second-order valence-electron chi connectivity index (χ2n) is 7.63. The highest BCUT2D eigenvalue weighted by Crippen LogP contribution is 2.26. The monoisotopic (exact) mass is 433 g/mol. The van der Waals surface area contributed by atoms with Crippen LogP contribution in [0.1, 0.15) is 25.8 Å². The fourth-order valence-corrected chi connectivity index (χ4v) is 3.57. The molecule has 1 amide bonds. The number of carbonyl (C=O) groups excluding carboxylic acids is 1. The van der Waals surface area contributed by atoms with E-state index in [4.69, 9.17) is 9.84 Å². The summed E-state index contributed by atoms with van der Waals surface area (Å²) < 4.78 is 7.11. The van der Waals surface area contributed by atoms with E-state index in [0.717, 1.165) is 54.3 Å². The van der Waals surface area contributed by atoms with Crippen molar-refractivity contribution in [2.24, 2.45) is 0 Å². The minimum Gasteiger partial charge on any atom is -0.497 e. The van der Waals surface area contributed by atoms with Gasteiger partial charge in [-0.25, -0.2) is 4.68 Å². The molecule has 0 unspecified atom stereocenters. The van der Waals surface area contributed by atoms with Crippen LogP contribution in [0.15, 0.2) is 66.9 Å². The maximum Gasteiger partial charge on any atom is 0.244 e. The van der Waals surface area contributed by atoms with Crippen LogP contribution in [0.5, 0.6) is 5.75 Å². The van der Waals surface area contributed by atoms with Crippen LogP contribution < -0.4 is 15.0 Å². The Morgan fingerprint density at radius 1 is 1.09 bits per heavy atom. The Bertz CT molecular complexity index is 1010. The lowest BCUT2D eigenvalue weighted by Crippen LogP contribution is -3.11. The zero-order valence-electron chi connectivity index (χ0n) is 19.2. The Balaban J connectivity index is 1.75. The van der Waals surface area contributed by atoms with Crippen molar-refractivity contribution in [1.29, 1.82) is 0 Å². The average Bonchev–Trinajstić information content (AvgIpc) is 3.28. The summed E-state index contributed by atoms with van der Waals surface area (Å²) in [5.74, 6) is 0.701. The first-order chi connectivity index (χ1) is 15.6. The van der Waals surface area contributed by atoms with E-state index in [1.165, 1.54) is 0 Å². The van der Waals surface area contributed by atoms with Crippen LogP contribution in [-0.4, -0.2) is 49.0 Å². The summed E-state index contributed by atoms with van der Waals surface area (Å²) in [7, 11) is 1.65. The predicted molar refractivity (Wildman–Crippen MR) is 129 cm³/mol. The summed E-state index contributed by atoms with van der Waals surface area (Å²) in [6, 6.07) is 17.7. The number of nitrogens with zero attached hydrogens (tertiary/aromatic N) is 2. The molecular formula is C26H33N4O2+. The van der Waals surface area contributed by atoms with Gasteiger partial charge in [0, 0.05) is 36.4 Å². The van der Waals surface area contributed by atoms with Gasteiger partial charge in [-0.2, -0.15) is 5.10 Å². The van der Waals surface area contributed by atoms with Crippen molar-refractivity contribution in [3.8, 4) is 22.7 Å². The molecule has 3 rings (SSSR count). The molecule has 0 saturated heterocycles. The molecule has 0 radical (unpaired) electrons. The summed E-state index contributed by atoms with van der Waals surface area (Å²) >= 11 is 0. The second-order valence-corrected chi connectivity index (χ2v) is 7.63. The van der Waals surface area contributed by atoms with Crippen molar-refractivity contribution < 1.29 is 14.4 Å². The molecule has 0 aliphatic rings. The number of para-hydroxylation sites is 1. The van der Waals surface area contributed by atoms with Crippen LogP contribution in [0.3, 0.4) is 0 Å². The molecule has 0 atom stereocenters. The van der Waals surface area contributed by atoms with Gasteiger partial charge in [-0.05, 0) is 56.3 Å². The molecule has 0 aliphatic heterocycles. The highest BCUT2D eigenvalue weighted by atomic mass is 16.5. The van der Waals surface area contributed by atoms with E-state index in [-0.39, 0.29) is 5.91 Å². The molecule has 32 heavy (non-hydrogen) atoms. The average molecular weight is 434 g/mol. The molecule has 1 aromatic heterocycles. The fourth-order valence-electron chi connectivity index (χ4n) is 3.57. The summed E-state index contributed by atoms with van der Waals surface area (Å²) in [6.07, 6.45) is 6.34. The number of hydrogen-bond acceptors (Lipinski definition) is 3. The van der Waals surface area contributed by atoms with Crippen LogP contribution in [0.2, 0.25) is 0 Å². The molecular weight excluding hydrogens is 400 g/mol. The lowest BCUT2D eigenvalue weighted by molar-refractivity contribution is -0.896.